The Morgan fingerprint density at radius 1 is 1.15 bits per heavy atom. The Labute approximate surface area is 166 Å². The van der Waals surface area contributed by atoms with Gasteiger partial charge in [-0.2, -0.15) is 0 Å². The molecular weight excluding hydrogens is 384 g/mol. The first-order valence-electron chi connectivity index (χ1n) is 8.38. The number of rotatable bonds is 5. The van der Waals surface area contributed by atoms with Gasteiger partial charge in [0.1, 0.15) is 5.00 Å². The number of aromatic nitrogens is 1. The number of esters is 1. The van der Waals surface area contributed by atoms with E-state index in [1.165, 1.54) is 18.3 Å². The molecule has 1 atom stereocenters. The molecule has 1 N–H and O–H groups in total. The molecule has 2 heterocycles. The molecule has 3 aromatic rings. The van der Waals surface area contributed by atoms with Crippen molar-refractivity contribution in [2.45, 2.75) is 26.9 Å². The summed E-state index contributed by atoms with van der Waals surface area (Å²) in [4.78, 5) is 26.2. The molecule has 27 heavy (non-hydrogen) atoms. The van der Waals surface area contributed by atoms with Gasteiger partial charge in [0.05, 0.1) is 16.3 Å². The van der Waals surface area contributed by atoms with E-state index in [2.05, 4.69) is 5.32 Å². The Balaban J connectivity index is 1.77. The van der Waals surface area contributed by atoms with Gasteiger partial charge in [-0.05, 0) is 50.6 Å². The summed E-state index contributed by atoms with van der Waals surface area (Å²) in [6.45, 7) is 5.37. The quantitative estimate of drug-likeness (QED) is 0.611. The molecule has 0 aliphatic rings. The number of benzene rings is 1. The standard InChI is InChI=1S/C20H19ClN2O3S/c1-12-14(3)27-19(23-10-6-7-11-23)17(12)20(25)26-13(2)18(24)22-16-9-5-4-8-15(16)21/h4-11,13H,1-3H3,(H,22,24)/t13-/m1/s1. The molecule has 0 bridgehead atoms. The van der Waals surface area contributed by atoms with Crippen molar-refractivity contribution in [3.8, 4) is 5.00 Å². The maximum Gasteiger partial charge on any atom is 0.342 e. The summed E-state index contributed by atoms with van der Waals surface area (Å²) >= 11 is 7.56. The van der Waals surface area contributed by atoms with Crippen LogP contribution in [-0.2, 0) is 9.53 Å². The normalized spacial score (nSPS) is 11.9. The van der Waals surface area contributed by atoms with Gasteiger partial charge in [-0.15, -0.1) is 11.3 Å². The van der Waals surface area contributed by atoms with Crippen LogP contribution < -0.4 is 5.32 Å². The third-order valence-electron chi connectivity index (χ3n) is 4.19. The van der Waals surface area contributed by atoms with Crippen molar-refractivity contribution >= 4 is 40.5 Å². The predicted octanol–water partition coefficient (Wildman–Crippen LogP) is 4.99. The van der Waals surface area contributed by atoms with E-state index in [9.17, 15) is 9.59 Å². The van der Waals surface area contributed by atoms with Crippen molar-refractivity contribution in [3.63, 3.8) is 0 Å². The van der Waals surface area contributed by atoms with Crippen LogP contribution in [0.25, 0.3) is 5.00 Å². The molecule has 0 saturated heterocycles. The number of hydrogen-bond donors (Lipinski definition) is 1. The average Bonchev–Trinajstić information content (AvgIpc) is 3.25. The molecule has 0 radical (unpaired) electrons. The predicted molar refractivity (Wildman–Crippen MR) is 108 cm³/mol. The van der Waals surface area contributed by atoms with Crippen molar-refractivity contribution in [1.29, 1.82) is 0 Å². The van der Waals surface area contributed by atoms with E-state index >= 15 is 0 Å². The van der Waals surface area contributed by atoms with E-state index in [1.54, 1.807) is 24.3 Å². The number of hydrogen-bond acceptors (Lipinski definition) is 4. The summed E-state index contributed by atoms with van der Waals surface area (Å²) in [6.07, 6.45) is 2.77. The van der Waals surface area contributed by atoms with Crippen molar-refractivity contribution in [2.24, 2.45) is 0 Å². The van der Waals surface area contributed by atoms with Gasteiger partial charge in [0, 0.05) is 17.3 Å². The van der Waals surface area contributed by atoms with Crippen LogP contribution in [0.4, 0.5) is 5.69 Å². The number of para-hydroxylation sites is 1. The van der Waals surface area contributed by atoms with Crippen molar-refractivity contribution in [2.75, 3.05) is 5.32 Å². The van der Waals surface area contributed by atoms with Crippen molar-refractivity contribution < 1.29 is 14.3 Å². The molecule has 5 nitrogen and oxygen atoms in total. The van der Waals surface area contributed by atoms with Crippen LogP contribution in [-0.4, -0.2) is 22.5 Å². The SMILES string of the molecule is Cc1sc(-n2cccc2)c(C(=O)O[C@H](C)C(=O)Nc2ccccc2Cl)c1C. The monoisotopic (exact) mass is 402 g/mol. The van der Waals surface area contributed by atoms with Crippen LogP contribution in [0.2, 0.25) is 5.02 Å². The molecule has 0 spiro atoms. The smallest absolute Gasteiger partial charge is 0.342 e. The number of carbonyl (C=O) groups is 2. The van der Waals surface area contributed by atoms with E-state index < -0.39 is 18.0 Å². The van der Waals surface area contributed by atoms with Gasteiger partial charge >= 0.3 is 5.97 Å². The molecule has 1 aromatic carbocycles. The molecule has 0 unspecified atom stereocenters. The van der Waals surface area contributed by atoms with Gasteiger partial charge < -0.3 is 14.6 Å². The zero-order valence-electron chi connectivity index (χ0n) is 15.2. The van der Waals surface area contributed by atoms with Gasteiger partial charge in [-0.3, -0.25) is 4.79 Å². The zero-order chi connectivity index (χ0) is 19.6. The molecule has 140 valence electrons. The van der Waals surface area contributed by atoms with Crippen LogP contribution in [0.15, 0.2) is 48.8 Å². The summed E-state index contributed by atoms with van der Waals surface area (Å²) < 4.78 is 7.31. The fraction of sp³-hybridized carbons (Fsp3) is 0.200. The number of aryl methyl sites for hydroxylation is 1. The maximum atomic E-state index is 12.8. The van der Waals surface area contributed by atoms with E-state index in [1.807, 2.05) is 42.9 Å². The second-order valence-corrected chi connectivity index (χ2v) is 7.68. The fourth-order valence-corrected chi connectivity index (χ4v) is 3.86. The van der Waals surface area contributed by atoms with E-state index in [0.717, 1.165) is 15.4 Å². The molecule has 7 heteroatoms. The Bertz CT molecular complexity index is 979. The highest BCUT2D eigenvalue weighted by Gasteiger charge is 2.26. The molecule has 2 aromatic heterocycles. The van der Waals surface area contributed by atoms with Crippen LogP contribution in [0.1, 0.15) is 27.7 Å². The molecule has 1 amide bonds. The maximum absolute atomic E-state index is 12.8. The van der Waals surface area contributed by atoms with Crippen LogP contribution >= 0.6 is 22.9 Å². The average molecular weight is 403 g/mol. The minimum Gasteiger partial charge on any atom is -0.449 e. The third-order valence-corrected chi connectivity index (χ3v) is 5.74. The topological polar surface area (TPSA) is 60.3 Å². The number of halogens is 1. The van der Waals surface area contributed by atoms with E-state index in [4.69, 9.17) is 16.3 Å². The fourth-order valence-electron chi connectivity index (χ4n) is 2.57. The van der Waals surface area contributed by atoms with Crippen LogP contribution in [0, 0.1) is 13.8 Å². The first kappa shape index (κ1) is 19.2. The summed E-state index contributed by atoms with van der Waals surface area (Å²) in [5.74, 6) is -0.967. The Morgan fingerprint density at radius 2 is 1.81 bits per heavy atom. The Morgan fingerprint density at radius 3 is 2.48 bits per heavy atom. The number of anilines is 1. The highest BCUT2D eigenvalue weighted by molar-refractivity contribution is 7.15. The number of nitrogens with one attached hydrogen (secondary N) is 1. The van der Waals surface area contributed by atoms with Gasteiger partial charge in [0.25, 0.3) is 5.91 Å². The number of ether oxygens (including phenoxy) is 1. The Hall–Kier alpha value is -2.57. The lowest BCUT2D eigenvalue weighted by Crippen LogP contribution is -2.30. The third kappa shape index (κ3) is 4.07. The minimum absolute atomic E-state index is 0.420. The van der Waals surface area contributed by atoms with Crippen molar-refractivity contribution in [1.82, 2.24) is 4.57 Å². The second-order valence-electron chi connectivity index (χ2n) is 6.07. The van der Waals surface area contributed by atoms with Crippen molar-refractivity contribution in [3.05, 3.63) is 69.8 Å². The summed E-state index contributed by atoms with van der Waals surface area (Å²) in [5.41, 5.74) is 1.81. The summed E-state index contributed by atoms with van der Waals surface area (Å²) in [7, 11) is 0. The van der Waals surface area contributed by atoms with E-state index in [0.29, 0.717) is 16.3 Å². The lowest BCUT2D eigenvalue weighted by molar-refractivity contribution is -0.123. The van der Waals surface area contributed by atoms with Gasteiger partial charge in [0.2, 0.25) is 0 Å². The van der Waals surface area contributed by atoms with E-state index in [-0.39, 0.29) is 0 Å². The molecular formula is C20H19ClN2O3S. The zero-order valence-corrected chi connectivity index (χ0v) is 16.7. The summed E-state index contributed by atoms with van der Waals surface area (Å²) in [6, 6.07) is 10.7. The van der Waals surface area contributed by atoms with Crippen LogP contribution in [0.3, 0.4) is 0 Å². The first-order chi connectivity index (χ1) is 12.9. The highest BCUT2D eigenvalue weighted by Crippen LogP contribution is 2.32. The van der Waals surface area contributed by atoms with Gasteiger partial charge in [-0.1, -0.05) is 23.7 Å². The number of thiophene rings is 1. The largest absolute Gasteiger partial charge is 0.449 e. The van der Waals surface area contributed by atoms with Gasteiger partial charge in [0.15, 0.2) is 6.10 Å². The number of nitrogens with zero attached hydrogens (tertiary/aromatic N) is 1. The molecule has 0 saturated carbocycles. The number of amides is 1. The first-order valence-corrected chi connectivity index (χ1v) is 9.57. The highest BCUT2D eigenvalue weighted by atomic mass is 35.5. The molecule has 0 aliphatic carbocycles. The molecule has 0 aliphatic heterocycles. The van der Waals surface area contributed by atoms with Crippen LogP contribution in [0.5, 0.6) is 0 Å². The molecule has 0 fully saturated rings. The number of carbonyl (C=O) groups excluding carboxylic acids is 2. The Kier molecular flexibility index (Phi) is 5.68. The second kappa shape index (κ2) is 7.98. The summed E-state index contributed by atoms with van der Waals surface area (Å²) in [5, 5.41) is 3.87. The lowest BCUT2D eigenvalue weighted by Gasteiger charge is -2.15. The lowest BCUT2D eigenvalue weighted by atomic mass is 10.1. The van der Waals surface area contributed by atoms with Gasteiger partial charge in [-0.25, -0.2) is 4.79 Å². The minimum atomic E-state index is -0.967. The molecule has 3 rings (SSSR count).